The molecule has 0 atom stereocenters. The second-order valence-electron chi connectivity index (χ2n) is 6.14. The molecule has 4 nitrogen and oxygen atoms in total. The van der Waals surface area contributed by atoms with Crippen molar-refractivity contribution >= 4 is 108 Å². The summed E-state index contributed by atoms with van der Waals surface area (Å²) in [5.74, 6) is 1.93. The molecule has 0 unspecified atom stereocenters. The molecule has 10 heteroatoms. The Bertz CT molecular complexity index is 1160. The second-order valence-corrected chi connectivity index (χ2v) is 9.56. The zero-order chi connectivity index (χ0) is 24.0. The summed E-state index contributed by atoms with van der Waals surface area (Å²) in [5, 5.41) is 22.7. The average Bonchev–Trinajstić information content (AvgIpc) is 2.80. The smallest absolute Gasteiger partial charge is 1.00 e. The number of phenolic OH excluding ortho intramolecular Hbond substituents is 2. The summed E-state index contributed by atoms with van der Waals surface area (Å²) >= 11 is 15.5. The summed E-state index contributed by atoms with van der Waals surface area (Å²) in [6.45, 7) is 0. The maximum atomic E-state index is 9.70. The van der Waals surface area contributed by atoms with Gasteiger partial charge in [-0.1, -0.05) is 22.6 Å². The van der Waals surface area contributed by atoms with Gasteiger partial charge in [0.15, 0.2) is 0 Å². The summed E-state index contributed by atoms with van der Waals surface area (Å²) in [6, 6.07) is 14.8. The van der Waals surface area contributed by atoms with Gasteiger partial charge in [-0.05, 0) is 117 Å². The molecule has 0 aliphatic rings. The van der Waals surface area contributed by atoms with Crippen molar-refractivity contribution in [1.29, 1.82) is 0 Å². The van der Waals surface area contributed by atoms with E-state index in [1.54, 1.807) is 38.5 Å². The largest absolute Gasteiger partial charge is 1.00 e. The number of hydrogen-bond acceptors (Lipinski definition) is 4. The van der Waals surface area contributed by atoms with Crippen LogP contribution >= 0.6 is 86.3 Å². The van der Waals surface area contributed by atoms with Crippen LogP contribution in [0.4, 0.5) is 0 Å². The zero-order valence-corrected chi connectivity index (χ0v) is 28.7. The Morgan fingerprint density at radius 2 is 0.848 bits per heavy atom. The summed E-state index contributed by atoms with van der Waals surface area (Å²) in [6.07, 6.45) is 0. The summed E-state index contributed by atoms with van der Waals surface area (Å²) in [5.41, 5.74) is 0. The van der Waals surface area contributed by atoms with E-state index < -0.39 is 0 Å². The first-order chi connectivity index (χ1) is 15.3. The van der Waals surface area contributed by atoms with Gasteiger partial charge in [0, 0.05) is 21.5 Å². The second kappa shape index (κ2) is 14.7. The van der Waals surface area contributed by atoms with Crippen molar-refractivity contribution in [2.75, 3.05) is 19.2 Å². The Balaban J connectivity index is 0.000000569. The van der Waals surface area contributed by atoms with Crippen molar-refractivity contribution < 1.29 is 50.7 Å². The van der Waals surface area contributed by atoms with Crippen molar-refractivity contribution in [3.05, 3.63) is 66.4 Å². The molecule has 0 aliphatic carbocycles. The fraction of sp³-hybridized carbons (Fsp3) is 0.130. The third-order valence-electron chi connectivity index (χ3n) is 4.46. The van der Waals surface area contributed by atoms with Crippen LogP contribution in [0.3, 0.4) is 0 Å². The fourth-order valence-electron chi connectivity index (χ4n) is 3.03. The number of ether oxygens (including phenoxy) is 2. The predicted molar refractivity (Wildman–Crippen MR) is 156 cm³/mol. The molecular formula is C23H20Br4INaO4. The van der Waals surface area contributed by atoms with Gasteiger partial charge in [0.1, 0.15) is 23.0 Å². The summed E-state index contributed by atoms with van der Waals surface area (Å²) in [4.78, 5) is 1.97. The summed E-state index contributed by atoms with van der Waals surface area (Å²) < 4.78 is 13.9. The first kappa shape index (κ1) is 31.3. The van der Waals surface area contributed by atoms with Crippen LogP contribution in [0.5, 0.6) is 23.0 Å². The number of phenols is 2. The molecule has 0 bridgehead atoms. The minimum Gasteiger partial charge on any atom is -1.00 e. The van der Waals surface area contributed by atoms with Gasteiger partial charge in [-0.3, -0.25) is 0 Å². The molecule has 172 valence electrons. The van der Waals surface area contributed by atoms with Crippen molar-refractivity contribution in [3.8, 4) is 23.0 Å². The normalized spacial score (nSPS) is 9.82. The van der Waals surface area contributed by atoms with Crippen LogP contribution in [0.1, 0.15) is 1.43 Å². The standard InChI is InChI=1S/C12H10Br2O2.C10H6Br2O2.CH3I.Na.H/c1-15-11-7-3-6-10(14)12(16-2)8(7)4-5-9(11)13;11-7-3-1-5-6(10(7)14)2-4-8(12)9(5)13;1-2;;/h3-6H,1-2H3;1-4,13-14H;1H3;;/q;;;+1;-1. The van der Waals surface area contributed by atoms with Gasteiger partial charge in [0.25, 0.3) is 0 Å². The molecule has 2 N–H and O–H groups in total. The molecule has 33 heavy (non-hydrogen) atoms. The van der Waals surface area contributed by atoms with E-state index in [4.69, 9.17) is 9.47 Å². The molecular weight excluding hydrogens is 810 g/mol. The van der Waals surface area contributed by atoms with Crippen molar-refractivity contribution in [3.63, 3.8) is 0 Å². The number of hydrogen-bond donors (Lipinski definition) is 2. The van der Waals surface area contributed by atoms with Gasteiger partial charge in [-0.25, -0.2) is 0 Å². The first-order valence-corrected chi connectivity index (χ1v) is 14.3. The maximum absolute atomic E-state index is 9.70. The monoisotopic (exact) mass is 826 g/mol. The first-order valence-electron chi connectivity index (χ1n) is 8.95. The van der Waals surface area contributed by atoms with Crippen LogP contribution in [0.15, 0.2) is 66.4 Å². The van der Waals surface area contributed by atoms with E-state index in [2.05, 4.69) is 86.3 Å². The van der Waals surface area contributed by atoms with E-state index >= 15 is 0 Å². The summed E-state index contributed by atoms with van der Waals surface area (Å²) in [7, 11) is 3.32. The molecule has 0 aliphatic heterocycles. The zero-order valence-electron chi connectivity index (χ0n) is 19.2. The van der Waals surface area contributed by atoms with Crippen LogP contribution < -0.4 is 39.0 Å². The van der Waals surface area contributed by atoms with Gasteiger partial charge in [0.05, 0.1) is 32.1 Å². The molecule has 4 aromatic rings. The molecule has 4 rings (SSSR count). The molecule has 0 spiro atoms. The van der Waals surface area contributed by atoms with Crippen LogP contribution in [0.25, 0.3) is 21.5 Å². The number of methoxy groups -OCH3 is 2. The molecule has 4 aromatic carbocycles. The Kier molecular flexibility index (Phi) is 14.0. The predicted octanol–water partition coefficient (Wildman–Crippen LogP) is 6.33. The molecule has 0 saturated carbocycles. The van der Waals surface area contributed by atoms with Gasteiger partial charge >= 0.3 is 29.6 Å². The Labute approximate surface area is 263 Å². The molecule has 0 fully saturated rings. The number of alkyl halides is 1. The van der Waals surface area contributed by atoms with Crippen LogP contribution in [0.2, 0.25) is 0 Å². The van der Waals surface area contributed by atoms with Gasteiger partial charge in [0.2, 0.25) is 0 Å². The van der Waals surface area contributed by atoms with E-state index in [-0.39, 0.29) is 42.5 Å². The van der Waals surface area contributed by atoms with Crippen molar-refractivity contribution in [2.45, 2.75) is 0 Å². The quantitative estimate of drug-likeness (QED) is 0.141. The van der Waals surface area contributed by atoms with E-state index in [1.165, 1.54) is 0 Å². The Morgan fingerprint density at radius 3 is 1.15 bits per heavy atom. The molecule has 0 saturated heterocycles. The van der Waals surface area contributed by atoms with E-state index in [0.717, 1.165) is 31.2 Å². The fourth-order valence-corrected chi connectivity index (χ4v) is 4.74. The van der Waals surface area contributed by atoms with Gasteiger partial charge in [-0.2, -0.15) is 0 Å². The number of benzene rings is 4. The Hall–Kier alpha value is 0.250. The van der Waals surface area contributed by atoms with Crippen LogP contribution in [0, 0.1) is 0 Å². The van der Waals surface area contributed by atoms with Gasteiger partial charge < -0.3 is 21.1 Å². The molecule has 0 aromatic heterocycles. The maximum Gasteiger partial charge on any atom is 1.00 e. The van der Waals surface area contributed by atoms with E-state index in [9.17, 15) is 10.2 Å². The Morgan fingerprint density at radius 1 is 0.576 bits per heavy atom. The minimum atomic E-state index is 0. The number of rotatable bonds is 2. The average molecular weight is 830 g/mol. The number of aromatic hydroxyl groups is 2. The number of halogens is 5. The molecule has 0 radical (unpaired) electrons. The van der Waals surface area contributed by atoms with Crippen molar-refractivity contribution in [1.82, 2.24) is 0 Å². The van der Waals surface area contributed by atoms with E-state index in [1.807, 2.05) is 29.2 Å². The van der Waals surface area contributed by atoms with E-state index in [0.29, 0.717) is 19.7 Å². The topological polar surface area (TPSA) is 58.9 Å². The SMILES string of the molecule is CI.COc1c(Br)ccc2c(OC)c(Br)ccc12.Oc1c(Br)ccc2c(O)c(Br)ccc12.[H-].[Na+]. The third kappa shape index (κ3) is 7.15. The van der Waals surface area contributed by atoms with Crippen LogP contribution in [-0.4, -0.2) is 29.4 Å². The number of fused-ring (bicyclic) bond motifs is 2. The van der Waals surface area contributed by atoms with Gasteiger partial charge in [-0.15, -0.1) is 0 Å². The minimum absolute atomic E-state index is 0. The molecule has 0 heterocycles. The van der Waals surface area contributed by atoms with Crippen molar-refractivity contribution in [2.24, 2.45) is 0 Å². The molecule has 0 amide bonds. The third-order valence-corrected chi connectivity index (χ3v) is 6.99. The van der Waals surface area contributed by atoms with Crippen LogP contribution in [-0.2, 0) is 0 Å².